The Hall–Kier alpha value is -4.11. The van der Waals surface area contributed by atoms with Gasteiger partial charge in [-0.3, -0.25) is 14.9 Å². The van der Waals surface area contributed by atoms with Crippen LogP contribution >= 0.6 is 22.9 Å². The minimum atomic E-state index is -1.08. The molecule has 2 aromatic carbocycles. The molecule has 45 heavy (non-hydrogen) atoms. The molecule has 0 saturated carbocycles. The van der Waals surface area contributed by atoms with Gasteiger partial charge in [0.25, 0.3) is 11.8 Å². The van der Waals surface area contributed by atoms with Gasteiger partial charge in [-0.15, -0.1) is 11.3 Å². The number of thiazole rings is 1. The van der Waals surface area contributed by atoms with Crippen LogP contribution in [-0.4, -0.2) is 62.0 Å². The number of anilines is 1. The Morgan fingerprint density at radius 2 is 1.98 bits per heavy atom. The van der Waals surface area contributed by atoms with Gasteiger partial charge >= 0.3 is 0 Å². The van der Waals surface area contributed by atoms with Crippen molar-refractivity contribution in [1.82, 2.24) is 24.3 Å². The number of hydrogen-bond acceptors (Lipinski definition) is 7. The van der Waals surface area contributed by atoms with Crippen molar-refractivity contribution in [2.24, 2.45) is 0 Å². The molecule has 0 bridgehead atoms. The molecule has 2 aromatic heterocycles. The van der Waals surface area contributed by atoms with Crippen molar-refractivity contribution in [3.8, 4) is 17.2 Å². The number of likely N-dealkylation sites (tertiary alicyclic amines) is 1. The summed E-state index contributed by atoms with van der Waals surface area (Å²) in [6.07, 6.45) is 4.87. The van der Waals surface area contributed by atoms with Crippen molar-refractivity contribution in [1.29, 1.82) is 5.26 Å². The molecule has 4 aromatic rings. The van der Waals surface area contributed by atoms with E-state index in [0.29, 0.717) is 45.0 Å². The van der Waals surface area contributed by atoms with Crippen LogP contribution in [0, 0.1) is 11.3 Å². The maximum absolute atomic E-state index is 14.3. The summed E-state index contributed by atoms with van der Waals surface area (Å²) >= 11 is 8.08. The van der Waals surface area contributed by atoms with E-state index < -0.39 is 18.1 Å². The number of nitrogens with one attached hydrogen (secondary N) is 1. The second-order valence-electron chi connectivity index (χ2n) is 11.8. The van der Waals surface area contributed by atoms with Gasteiger partial charge in [0.1, 0.15) is 6.17 Å². The van der Waals surface area contributed by atoms with E-state index in [1.54, 1.807) is 16.1 Å². The van der Waals surface area contributed by atoms with Gasteiger partial charge in [-0.2, -0.15) is 5.26 Å². The van der Waals surface area contributed by atoms with Crippen molar-refractivity contribution < 1.29 is 14.0 Å². The van der Waals surface area contributed by atoms with Crippen LogP contribution in [-0.2, 0) is 24.3 Å². The fourth-order valence-electron chi connectivity index (χ4n) is 6.80. The van der Waals surface area contributed by atoms with E-state index in [0.717, 1.165) is 43.6 Å². The third-order valence-electron chi connectivity index (χ3n) is 9.13. The van der Waals surface area contributed by atoms with E-state index in [1.165, 1.54) is 28.1 Å². The van der Waals surface area contributed by atoms with E-state index in [2.05, 4.69) is 50.5 Å². The van der Waals surface area contributed by atoms with Crippen LogP contribution in [0.1, 0.15) is 64.1 Å². The Kier molecular flexibility index (Phi) is 8.12. The quantitative estimate of drug-likeness (QED) is 0.253. The Balaban J connectivity index is 1.14. The summed E-state index contributed by atoms with van der Waals surface area (Å²) in [5, 5.41) is 14.3. The molecule has 2 unspecified atom stereocenters. The molecule has 1 saturated heterocycles. The highest BCUT2D eigenvalue weighted by Gasteiger charge is 2.42. The zero-order valence-corrected chi connectivity index (χ0v) is 26.0. The summed E-state index contributed by atoms with van der Waals surface area (Å²) < 4.78 is 16.1. The first kappa shape index (κ1) is 29.6. The first-order chi connectivity index (χ1) is 21.9. The summed E-state index contributed by atoms with van der Waals surface area (Å²) in [5.41, 5.74) is 5.12. The zero-order valence-electron chi connectivity index (χ0n) is 24.5. The lowest BCUT2D eigenvalue weighted by Gasteiger charge is -2.31. The molecule has 7 rings (SSSR count). The molecule has 0 spiro atoms. The van der Waals surface area contributed by atoms with E-state index in [9.17, 15) is 14.0 Å². The predicted molar refractivity (Wildman–Crippen MR) is 170 cm³/mol. The molecule has 3 aliphatic heterocycles. The second kappa shape index (κ2) is 12.4. The van der Waals surface area contributed by atoms with Gasteiger partial charge in [-0.05, 0) is 60.7 Å². The molecule has 3 aliphatic rings. The number of benzene rings is 2. The average molecular weight is 644 g/mol. The minimum absolute atomic E-state index is 0.126. The number of alkyl halides is 1. The number of rotatable bonds is 8. The molecule has 0 radical (unpaired) electrons. The lowest BCUT2D eigenvalue weighted by Crippen LogP contribution is -2.38. The highest BCUT2D eigenvalue weighted by atomic mass is 35.5. The van der Waals surface area contributed by atoms with Crippen LogP contribution in [0.3, 0.4) is 0 Å². The number of carbonyl (C=O) groups excluding carboxylic acids is 2. The van der Waals surface area contributed by atoms with Crippen LogP contribution in [0.4, 0.5) is 9.52 Å². The number of imidazole rings is 1. The van der Waals surface area contributed by atoms with Crippen molar-refractivity contribution >= 4 is 39.9 Å². The minimum Gasteiger partial charge on any atom is -0.331 e. The van der Waals surface area contributed by atoms with Crippen molar-refractivity contribution in [3.05, 3.63) is 87.4 Å². The molecule has 12 heteroatoms. The number of piperidine rings is 1. The standard InChI is InChI=1S/C33H31ClFN7O2S/c34-27-15-23(21-4-2-20(3-5-21)22-6-11-40(12-7-22)10-1-8-36)14-25-26(27)18-42(32(25)44)30(31(43)39-33-37-9-13-45-33)29-28-16-24(35)17-41(28)19-38-29/h2-5,9,13-15,19,22,24,30H,1,6-7,10-12,16-18H2,(H,37,39,43). The van der Waals surface area contributed by atoms with Crippen LogP contribution in [0.2, 0.25) is 5.02 Å². The summed E-state index contributed by atoms with van der Waals surface area (Å²) in [6, 6.07) is 13.3. The van der Waals surface area contributed by atoms with Gasteiger partial charge in [0.2, 0.25) is 0 Å². The number of nitriles is 1. The number of aromatic nitrogens is 3. The van der Waals surface area contributed by atoms with Crippen LogP contribution in [0.15, 0.2) is 54.3 Å². The van der Waals surface area contributed by atoms with Crippen LogP contribution in [0.25, 0.3) is 11.1 Å². The molecule has 1 fully saturated rings. The highest BCUT2D eigenvalue weighted by Crippen LogP contribution is 2.40. The smallest absolute Gasteiger partial charge is 0.255 e. The number of fused-ring (bicyclic) bond motifs is 2. The lowest BCUT2D eigenvalue weighted by molar-refractivity contribution is -0.121. The Morgan fingerprint density at radius 3 is 2.71 bits per heavy atom. The fraction of sp³-hybridized carbons (Fsp3) is 0.364. The number of hydrogen-bond donors (Lipinski definition) is 1. The molecular formula is C33H31ClFN7O2S. The first-order valence-corrected chi connectivity index (χ1v) is 16.4. The van der Waals surface area contributed by atoms with Gasteiger partial charge in [-0.1, -0.05) is 35.9 Å². The normalized spacial score (nSPS) is 18.9. The third kappa shape index (κ3) is 5.74. The first-order valence-electron chi connectivity index (χ1n) is 15.1. The molecule has 0 aliphatic carbocycles. The lowest BCUT2D eigenvalue weighted by atomic mass is 9.88. The largest absolute Gasteiger partial charge is 0.331 e. The van der Waals surface area contributed by atoms with Crippen molar-refractivity contribution in [2.45, 2.75) is 56.9 Å². The molecular weight excluding hydrogens is 613 g/mol. The summed E-state index contributed by atoms with van der Waals surface area (Å²) in [7, 11) is 0. The molecule has 230 valence electrons. The molecule has 2 amide bonds. The van der Waals surface area contributed by atoms with E-state index in [1.807, 2.05) is 12.1 Å². The van der Waals surface area contributed by atoms with Crippen LogP contribution < -0.4 is 5.32 Å². The highest BCUT2D eigenvalue weighted by molar-refractivity contribution is 7.13. The molecule has 5 heterocycles. The molecule has 9 nitrogen and oxygen atoms in total. The van der Waals surface area contributed by atoms with Crippen LogP contribution in [0.5, 0.6) is 0 Å². The Labute approximate surface area is 269 Å². The summed E-state index contributed by atoms with van der Waals surface area (Å²) in [6.45, 7) is 3.11. The monoisotopic (exact) mass is 643 g/mol. The number of nitrogens with zero attached hydrogens (tertiary/aromatic N) is 6. The van der Waals surface area contributed by atoms with E-state index in [4.69, 9.17) is 16.9 Å². The topological polar surface area (TPSA) is 107 Å². The zero-order chi connectivity index (χ0) is 31.1. The Bertz CT molecular complexity index is 1780. The van der Waals surface area contributed by atoms with Crippen molar-refractivity contribution in [3.63, 3.8) is 0 Å². The third-order valence-corrected chi connectivity index (χ3v) is 10.2. The maximum atomic E-state index is 14.3. The van der Waals surface area contributed by atoms with Gasteiger partial charge < -0.3 is 14.4 Å². The maximum Gasteiger partial charge on any atom is 0.255 e. The fourth-order valence-corrected chi connectivity index (χ4v) is 7.61. The van der Waals surface area contributed by atoms with Gasteiger partial charge in [0, 0.05) is 59.4 Å². The number of halogens is 2. The van der Waals surface area contributed by atoms with E-state index in [-0.39, 0.29) is 25.4 Å². The summed E-state index contributed by atoms with van der Waals surface area (Å²) in [4.78, 5) is 40.3. The molecule has 1 N–H and O–H groups in total. The van der Waals surface area contributed by atoms with Crippen molar-refractivity contribution in [2.75, 3.05) is 25.0 Å². The second-order valence-corrected chi connectivity index (χ2v) is 13.1. The SMILES string of the molecule is N#CCCN1CCC(c2ccc(-c3cc(Cl)c4c(c3)C(=O)N(C(C(=O)Nc3nccs3)c3ncn5c3CC(F)C5)C4)cc2)CC1. The molecule has 2 atom stereocenters. The number of carbonyl (C=O) groups is 2. The average Bonchev–Trinajstić information content (AvgIpc) is 3.84. The summed E-state index contributed by atoms with van der Waals surface area (Å²) in [5.74, 6) is -0.317. The van der Waals surface area contributed by atoms with E-state index >= 15 is 0 Å². The Morgan fingerprint density at radius 1 is 1.18 bits per heavy atom. The van der Waals surface area contributed by atoms with Gasteiger partial charge in [0.05, 0.1) is 24.6 Å². The van der Waals surface area contributed by atoms with Gasteiger partial charge in [-0.25, -0.2) is 14.4 Å². The van der Waals surface area contributed by atoms with Gasteiger partial charge in [0.15, 0.2) is 11.2 Å². The predicted octanol–water partition coefficient (Wildman–Crippen LogP) is 5.98. The number of amides is 2.